The second kappa shape index (κ2) is 7.00. The fourth-order valence-electron chi connectivity index (χ4n) is 1.45. The lowest BCUT2D eigenvalue weighted by atomic mass is 10.1. The Hall–Kier alpha value is -1.74. The standard InChI is InChI=1S/C15H19ClN2O/c1-6-14(17-7-2)13-10-12(16)8-9-15(13)19-11(3)18(4)5/h6-10H,3H2,1-2,4-5H3/b14-6-,17-7?. The van der Waals surface area contributed by atoms with Crippen molar-refractivity contribution < 1.29 is 4.74 Å². The maximum atomic E-state index is 6.05. The highest BCUT2D eigenvalue weighted by atomic mass is 35.5. The van der Waals surface area contributed by atoms with Gasteiger partial charge in [-0.15, -0.1) is 0 Å². The monoisotopic (exact) mass is 278 g/mol. The van der Waals surface area contributed by atoms with Crippen LogP contribution in [0.15, 0.2) is 41.7 Å². The van der Waals surface area contributed by atoms with Crippen LogP contribution in [0.2, 0.25) is 5.02 Å². The van der Waals surface area contributed by atoms with Gasteiger partial charge >= 0.3 is 0 Å². The molecule has 0 saturated heterocycles. The molecule has 0 aromatic heterocycles. The van der Waals surface area contributed by atoms with E-state index in [-0.39, 0.29) is 0 Å². The first kappa shape index (κ1) is 15.3. The summed E-state index contributed by atoms with van der Waals surface area (Å²) in [6, 6.07) is 5.44. The molecule has 0 spiro atoms. The van der Waals surface area contributed by atoms with Gasteiger partial charge in [-0.2, -0.15) is 0 Å². The van der Waals surface area contributed by atoms with Crippen LogP contribution in [0.3, 0.4) is 0 Å². The van der Waals surface area contributed by atoms with Gasteiger partial charge in [-0.25, -0.2) is 0 Å². The van der Waals surface area contributed by atoms with Crippen LogP contribution < -0.4 is 4.74 Å². The molecule has 0 aliphatic rings. The van der Waals surface area contributed by atoms with E-state index in [9.17, 15) is 0 Å². The molecule has 0 atom stereocenters. The minimum absolute atomic E-state index is 0.555. The number of hydrogen-bond acceptors (Lipinski definition) is 3. The Morgan fingerprint density at radius 3 is 2.58 bits per heavy atom. The Morgan fingerprint density at radius 1 is 1.37 bits per heavy atom. The fraction of sp³-hybridized carbons (Fsp3) is 0.267. The van der Waals surface area contributed by atoms with Gasteiger partial charge in [0.15, 0.2) is 5.88 Å². The van der Waals surface area contributed by atoms with Crippen LogP contribution in [0.5, 0.6) is 5.75 Å². The van der Waals surface area contributed by atoms with Crippen LogP contribution in [-0.2, 0) is 0 Å². The molecule has 1 rings (SSSR count). The van der Waals surface area contributed by atoms with E-state index >= 15 is 0 Å². The lowest BCUT2D eigenvalue weighted by Gasteiger charge is -2.18. The predicted octanol–water partition coefficient (Wildman–Crippen LogP) is 4.20. The molecule has 0 N–H and O–H groups in total. The van der Waals surface area contributed by atoms with Gasteiger partial charge in [0, 0.05) is 30.9 Å². The van der Waals surface area contributed by atoms with Gasteiger partial charge in [-0.05, 0) is 38.6 Å². The Kier molecular flexibility index (Phi) is 5.64. The third kappa shape index (κ3) is 4.14. The van der Waals surface area contributed by atoms with E-state index in [1.54, 1.807) is 17.2 Å². The fourth-order valence-corrected chi connectivity index (χ4v) is 1.62. The maximum absolute atomic E-state index is 6.05. The molecule has 0 unspecified atom stereocenters. The summed E-state index contributed by atoms with van der Waals surface area (Å²) in [4.78, 5) is 6.12. The molecule has 0 heterocycles. The summed E-state index contributed by atoms with van der Waals surface area (Å²) < 4.78 is 5.75. The number of halogens is 1. The van der Waals surface area contributed by atoms with Gasteiger partial charge in [0.1, 0.15) is 5.75 Å². The summed E-state index contributed by atoms with van der Waals surface area (Å²) >= 11 is 6.05. The van der Waals surface area contributed by atoms with Crippen molar-refractivity contribution in [3.63, 3.8) is 0 Å². The van der Waals surface area contributed by atoms with Crippen molar-refractivity contribution in [2.45, 2.75) is 13.8 Å². The lowest BCUT2D eigenvalue weighted by Crippen LogP contribution is -2.15. The largest absolute Gasteiger partial charge is 0.441 e. The van der Waals surface area contributed by atoms with Gasteiger partial charge in [0.2, 0.25) is 0 Å². The van der Waals surface area contributed by atoms with Crippen LogP contribution in [0.25, 0.3) is 5.70 Å². The Bertz CT molecular complexity index is 519. The summed E-state index contributed by atoms with van der Waals surface area (Å²) in [6.07, 6.45) is 3.65. The molecule has 0 saturated carbocycles. The quantitative estimate of drug-likeness (QED) is 0.595. The molecule has 4 heteroatoms. The van der Waals surface area contributed by atoms with E-state index in [4.69, 9.17) is 16.3 Å². The normalized spacial score (nSPS) is 11.7. The minimum atomic E-state index is 0.555. The molecule has 0 aliphatic carbocycles. The molecule has 1 aromatic rings. The van der Waals surface area contributed by atoms with Crippen molar-refractivity contribution in [2.24, 2.45) is 4.99 Å². The summed E-state index contributed by atoms with van der Waals surface area (Å²) in [5, 5.41) is 0.642. The zero-order valence-corrected chi connectivity index (χ0v) is 12.5. The van der Waals surface area contributed by atoms with E-state index in [1.165, 1.54) is 0 Å². The van der Waals surface area contributed by atoms with E-state index in [1.807, 2.05) is 46.2 Å². The van der Waals surface area contributed by atoms with Crippen LogP contribution in [0.4, 0.5) is 0 Å². The Labute approximate surface area is 119 Å². The predicted molar refractivity (Wildman–Crippen MR) is 82.7 cm³/mol. The highest BCUT2D eigenvalue weighted by molar-refractivity contribution is 6.30. The van der Waals surface area contributed by atoms with Gasteiger partial charge in [-0.1, -0.05) is 17.7 Å². The average Bonchev–Trinajstić information content (AvgIpc) is 2.38. The Balaban J connectivity index is 3.22. The summed E-state index contributed by atoms with van der Waals surface area (Å²) in [6.45, 7) is 7.65. The third-order valence-electron chi connectivity index (χ3n) is 2.49. The molecule has 102 valence electrons. The van der Waals surface area contributed by atoms with E-state index < -0.39 is 0 Å². The van der Waals surface area contributed by atoms with Gasteiger partial charge in [0.05, 0.1) is 5.70 Å². The first-order valence-corrected chi connectivity index (χ1v) is 6.36. The highest BCUT2D eigenvalue weighted by Crippen LogP contribution is 2.31. The molecule has 1 aromatic carbocycles. The van der Waals surface area contributed by atoms with Crippen LogP contribution >= 0.6 is 11.6 Å². The van der Waals surface area contributed by atoms with Gasteiger partial charge in [-0.3, -0.25) is 4.99 Å². The number of aliphatic imine (C=N–C) groups is 1. The first-order valence-electron chi connectivity index (χ1n) is 5.98. The minimum Gasteiger partial charge on any atom is -0.441 e. The lowest BCUT2D eigenvalue weighted by molar-refractivity contribution is 0.283. The number of hydrogen-bond donors (Lipinski definition) is 0. The number of benzene rings is 1. The van der Waals surface area contributed by atoms with Crippen molar-refractivity contribution in [1.82, 2.24) is 4.90 Å². The summed E-state index contributed by atoms with van der Waals surface area (Å²) in [7, 11) is 3.75. The Morgan fingerprint density at radius 2 is 2.05 bits per heavy atom. The van der Waals surface area contributed by atoms with E-state index in [0.717, 1.165) is 11.3 Å². The number of allylic oxidation sites excluding steroid dienone is 1. The van der Waals surface area contributed by atoms with Crippen molar-refractivity contribution >= 4 is 23.5 Å². The molecular weight excluding hydrogens is 260 g/mol. The summed E-state index contributed by atoms with van der Waals surface area (Å²) in [5.41, 5.74) is 1.66. The zero-order valence-electron chi connectivity index (χ0n) is 11.8. The second-order valence-electron chi connectivity index (χ2n) is 4.09. The van der Waals surface area contributed by atoms with Crippen molar-refractivity contribution in [1.29, 1.82) is 0 Å². The smallest absolute Gasteiger partial charge is 0.188 e. The SMILES string of the molecule is C=C(Oc1ccc(Cl)cc1/C(=C/C)N=CC)N(C)C. The van der Waals surface area contributed by atoms with Crippen molar-refractivity contribution in [3.8, 4) is 5.75 Å². The first-order chi connectivity index (χ1) is 8.99. The number of rotatable bonds is 5. The molecule has 0 radical (unpaired) electrons. The molecule has 0 aliphatic heterocycles. The molecule has 19 heavy (non-hydrogen) atoms. The molecular formula is C15H19ClN2O. The molecule has 3 nitrogen and oxygen atoms in total. The van der Waals surface area contributed by atoms with Crippen LogP contribution in [-0.4, -0.2) is 25.2 Å². The van der Waals surface area contributed by atoms with Gasteiger partial charge in [0.25, 0.3) is 0 Å². The van der Waals surface area contributed by atoms with Gasteiger partial charge < -0.3 is 9.64 Å². The topological polar surface area (TPSA) is 24.8 Å². The molecule has 0 bridgehead atoms. The zero-order chi connectivity index (χ0) is 14.4. The van der Waals surface area contributed by atoms with Crippen LogP contribution in [0.1, 0.15) is 19.4 Å². The maximum Gasteiger partial charge on any atom is 0.188 e. The third-order valence-corrected chi connectivity index (χ3v) is 2.72. The second-order valence-corrected chi connectivity index (χ2v) is 4.53. The number of nitrogens with zero attached hydrogens (tertiary/aromatic N) is 2. The number of ether oxygens (including phenoxy) is 1. The van der Waals surface area contributed by atoms with Crippen molar-refractivity contribution in [3.05, 3.63) is 47.3 Å². The average molecular weight is 279 g/mol. The molecule has 0 fully saturated rings. The van der Waals surface area contributed by atoms with Crippen molar-refractivity contribution in [2.75, 3.05) is 14.1 Å². The van der Waals surface area contributed by atoms with E-state index in [2.05, 4.69) is 11.6 Å². The highest BCUT2D eigenvalue weighted by Gasteiger charge is 2.10. The molecule has 0 amide bonds. The summed E-state index contributed by atoms with van der Waals surface area (Å²) in [5.74, 6) is 1.24. The van der Waals surface area contributed by atoms with Crippen LogP contribution in [0, 0.1) is 0 Å². The van der Waals surface area contributed by atoms with E-state index in [0.29, 0.717) is 16.7 Å².